The summed E-state index contributed by atoms with van der Waals surface area (Å²) in [4.78, 5) is 11.9. The fourth-order valence-corrected chi connectivity index (χ4v) is 2.04. The minimum Gasteiger partial charge on any atom is -0.497 e. The molecule has 0 aliphatic heterocycles. The second kappa shape index (κ2) is 8.08. The van der Waals surface area contributed by atoms with Gasteiger partial charge in [0.25, 0.3) is 0 Å². The van der Waals surface area contributed by atoms with Gasteiger partial charge in [0.2, 0.25) is 0 Å². The number of benzene rings is 2. The molecule has 0 bridgehead atoms. The first-order chi connectivity index (χ1) is 11.1. The molecular formula is C18H22N2O3. The van der Waals surface area contributed by atoms with Crippen LogP contribution in [0.25, 0.3) is 0 Å². The Kier molecular flexibility index (Phi) is 5.86. The number of hydrogen-bond acceptors (Lipinski definition) is 3. The van der Waals surface area contributed by atoms with Gasteiger partial charge >= 0.3 is 6.03 Å². The lowest BCUT2D eigenvalue weighted by molar-refractivity contribution is 0.221. The molecule has 0 aliphatic carbocycles. The van der Waals surface area contributed by atoms with Crippen LogP contribution in [0, 0.1) is 6.92 Å². The van der Waals surface area contributed by atoms with E-state index in [0.717, 1.165) is 22.6 Å². The van der Waals surface area contributed by atoms with Crippen molar-refractivity contribution in [2.45, 2.75) is 19.9 Å². The molecular weight excluding hydrogens is 292 g/mol. The standard InChI is InChI=1S/C18H22N2O3/c1-13-4-8-17(9-5-13)23-12-19-18(21)20-14(2)15-6-10-16(22-3)11-7-15/h4-11,14H,12H2,1-3H3,(H2,19,20,21). The van der Waals surface area contributed by atoms with Crippen LogP contribution < -0.4 is 20.1 Å². The van der Waals surface area contributed by atoms with Crippen LogP contribution in [0.1, 0.15) is 24.1 Å². The third-order valence-electron chi connectivity index (χ3n) is 3.46. The van der Waals surface area contributed by atoms with Gasteiger partial charge in [-0.3, -0.25) is 0 Å². The molecule has 2 aromatic carbocycles. The fourth-order valence-electron chi connectivity index (χ4n) is 2.04. The Bertz CT molecular complexity index is 624. The van der Waals surface area contributed by atoms with E-state index in [9.17, 15) is 4.79 Å². The molecule has 0 aliphatic rings. The van der Waals surface area contributed by atoms with Crippen LogP contribution in [0.2, 0.25) is 0 Å². The van der Waals surface area contributed by atoms with Crippen LogP contribution in [-0.2, 0) is 0 Å². The summed E-state index contributed by atoms with van der Waals surface area (Å²) in [6, 6.07) is 14.9. The number of nitrogens with one attached hydrogen (secondary N) is 2. The lowest BCUT2D eigenvalue weighted by atomic mass is 10.1. The Balaban J connectivity index is 1.76. The number of urea groups is 1. The summed E-state index contributed by atoms with van der Waals surface area (Å²) in [5.41, 5.74) is 2.16. The van der Waals surface area contributed by atoms with E-state index in [0.29, 0.717) is 0 Å². The van der Waals surface area contributed by atoms with Gasteiger partial charge in [-0.2, -0.15) is 0 Å². The molecule has 2 amide bonds. The van der Waals surface area contributed by atoms with Gasteiger partial charge in [-0.15, -0.1) is 0 Å². The van der Waals surface area contributed by atoms with Gasteiger partial charge in [0, 0.05) is 0 Å². The van der Waals surface area contributed by atoms with E-state index in [1.165, 1.54) is 0 Å². The minimum absolute atomic E-state index is 0.111. The highest BCUT2D eigenvalue weighted by Crippen LogP contribution is 2.17. The number of ether oxygens (including phenoxy) is 2. The molecule has 1 atom stereocenters. The highest BCUT2D eigenvalue weighted by molar-refractivity contribution is 5.74. The van der Waals surface area contributed by atoms with E-state index in [1.807, 2.05) is 62.4 Å². The lowest BCUT2D eigenvalue weighted by Crippen LogP contribution is -2.38. The van der Waals surface area contributed by atoms with Crippen molar-refractivity contribution in [3.63, 3.8) is 0 Å². The number of methoxy groups -OCH3 is 1. The van der Waals surface area contributed by atoms with Crippen LogP contribution in [0.5, 0.6) is 11.5 Å². The first kappa shape index (κ1) is 16.7. The second-order valence-electron chi connectivity index (χ2n) is 5.25. The maximum atomic E-state index is 11.9. The maximum absolute atomic E-state index is 11.9. The van der Waals surface area contributed by atoms with Crippen LogP contribution in [0.4, 0.5) is 4.79 Å². The molecule has 2 aromatic rings. The van der Waals surface area contributed by atoms with Gasteiger partial charge in [0.15, 0.2) is 6.73 Å². The molecule has 122 valence electrons. The maximum Gasteiger partial charge on any atom is 0.317 e. The summed E-state index contributed by atoms with van der Waals surface area (Å²) in [5.74, 6) is 1.51. The fraction of sp³-hybridized carbons (Fsp3) is 0.278. The Morgan fingerprint density at radius 2 is 1.65 bits per heavy atom. The SMILES string of the molecule is COc1ccc(C(C)NC(=O)NCOc2ccc(C)cc2)cc1. The van der Waals surface area contributed by atoms with E-state index in [2.05, 4.69) is 10.6 Å². The first-order valence-electron chi connectivity index (χ1n) is 7.46. The second-order valence-corrected chi connectivity index (χ2v) is 5.25. The number of hydrogen-bond donors (Lipinski definition) is 2. The Hall–Kier alpha value is -2.69. The summed E-state index contributed by atoms with van der Waals surface area (Å²) in [6.45, 7) is 4.04. The van der Waals surface area contributed by atoms with E-state index in [-0.39, 0.29) is 18.8 Å². The van der Waals surface area contributed by atoms with Crippen LogP contribution >= 0.6 is 0 Å². The zero-order chi connectivity index (χ0) is 16.7. The van der Waals surface area contributed by atoms with E-state index in [1.54, 1.807) is 7.11 Å². The Morgan fingerprint density at radius 1 is 1.04 bits per heavy atom. The van der Waals surface area contributed by atoms with Gasteiger partial charge in [0.1, 0.15) is 11.5 Å². The van der Waals surface area contributed by atoms with Crippen LogP contribution in [0.15, 0.2) is 48.5 Å². The van der Waals surface area contributed by atoms with E-state index < -0.39 is 0 Å². The van der Waals surface area contributed by atoms with Crippen molar-refractivity contribution >= 4 is 6.03 Å². The molecule has 23 heavy (non-hydrogen) atoms. The molecule has 0 heterocycles. The topological polar surface area (TPSA) is 59.6 Å². The molecule has 2 rings (SSSR count). The van der Waals surface area contributed by atoms with Crippen molar-refractivity contribution in [2.75, 3.05) is 13.8 Å². The number of rotatable bonds is 6. The third-order valence-corrected chi connectivity index (χ3v) is 3.46. The van der Waals surface area contributed by atoms with Crippen LogP contribution in [-0.4, -0.2) is 19.9 Å². The van der Waals surface area contributed by atoms with Crippen molar-refractivity contribution in [1.29, 1.82) is 0 Å². The zero-order valence-electron chi connectivity index (χ0n) is 13.6. The molecule has 5 nitrogen and oxygen atoms in total. The largest absolute Gasteiger partial charge is 0.497 e. The smallest absolute Gasteiger partial charge is 0.317 e. The molecule has 0 aromatic heterocycles. The van der Waals surface area contributed by atoms with E-state index >= 15 is 0 Å². The first-order valence-corrected chi connectivity index (χ1v) is 7.46. The molecule has 0 saturated heterocycles. The van der Waals surface area contributed by atoms with Crippen molar-refractivity contribution in [2.24, 2.45) is 0 Å². The molecule has 2 N–H and O–H groups in total. The van der Waals surface area contributed by atoms with Gasteiger partial charge < -0.3 is 20.1 Å². The van der Waals surface area contributed by atoms with Gasteiger partial charge in [-0.25, -0.2) is 4.79 Å². The summed E-state index contributed by atoms with van der Waals surface area (Å²) in [5, 5.41) is 5.53. The predicted octanol–water partition coefficient (Wildman–Crippen LogP) is 3.40. The molecule has 1 unspecified atom stereocenters. The molecule has 0 saturated carbocycles. The summed E-state index contributed by atoms with van der Waals surface area (Å²) in [6.07, 6.45) is 0. The number of carbonyl (C=O) groups excluding carboxylic acids is 1. The highest BCUT2D eigenvalue weighted by Gasteiger charge is 2.09. The molecule has 0 spiro atoms. The predicted molar refractivity (Wildman–Crippen MR) is 89.8 cm³/mol. The van der Waals surface area contributed by atoms with Crippen LogP contribution in [0.3, 0.4) is 0 Å². The Morgan fingerprint density at radius 3 is 2.26 bits per heavy atom. The normalized spacial score (nSPS) is 11.4. The average Bonchev–Trinajstić information content (AvgIpc) is 2.56. The molecule has 5 heteroatoms. The number of aryl methyl sites for hydroxylation is 1. The van der Waals surface area contributed by atoms with Crippen molar-refractivity contribution < 1.29 is 14.3 Å². The summed E-state index contributed by atoms with van der Waals surface area (Å²) in [7, 11) is 1.62. The minimum atomic E-state index is -0.277. The zero-order valence-corrected chi connectivity index (χ0v) is 13.6. The van der Waals surface area contributed by atoms with Crippen molar-refractivity contribution in [3.8, 4) is 11.5 Å². The summed E-state index contributed by atoms with van der Waals surface area (Å²) >= 11 is 0. The van der Waals surface area contributed by atoms with Crippen molar-refractivity contribution in [3.05, 3.63) is 59.7 Å². The van der Waals surface area contributed by atoms with Crippen molar-refractivity contribution in [1.82, 2.24) is 10.6 Å². The van der Waals surface area contributed by atoms with Gasteiger partial charge in [0.05, 0.1) is 13.2 Å². The lowest BCUT2D eigenvalue weighted by Gasteiger charge is -2.15. The summed E-state index contributed by atoms with van der Waals surface area (Å²) < 4.78 is 10.6. The molecule has 0 fully saturated rings. The average molecular weight is 314 g/mol. The monoisotopic (exact) mass is 314 g/mol. The van der Waals surface area contributed by atoms with Gasteiger partial charge in [-0.05, 0) is 43.7 Å². The quantitative estimate of drug-likeness (QED) is 0.803. The third kappa shape index (κ3) is 5.21. The Labute approximate surface area is 136 Å². The molecule has 0 radical (unpaired) electrons. The van der Waals surface area contributed by atoms with E-state index in [4.69, 9.17) is 9.47 Å². The highest BCUT2D eigenvalue weighted by atomic mass is 16.5. The number of amides is 2. The number of carbonyl (C=O) groups is 1. The van der Waals surface area contributed by atoms with Gasteiger partial charge in [-0.1, -0.05) is 29.8 Å².